The number of carbonyl (C=O) groups is 1. The fourth-order valence-electron chi connectivity index (χ4n) is 2.82. The van der Waals surface area contributed by atoms with Gasteiger partial charge in [-0.1, -0.05) is 6.07 Å². The molecule has 1 fully saturated rings. The van der Waals surface area contributed by atoms with E-state index in [1.165, 1.54) is 12.8 Å². The number of amides is 1. The molecule has 1 aliphatic rings. The van der Waals surface area contributed by atoms with Gasteiger partial charge in [-0.25, -0.2) is 14.6 Å². The molecule has 1 N–H and O–H groups in total. The van der Waals surface area contributed by atoms with Gasteiger partial charge in [0.1, 0.15) is 0 Å². The van der Waals surface area contributed by atoms with Crippen molar-refractivity contribution in [1.82, 2.24) is 25.1 Å². The van der Waals surface area contributed by atoms with E-state index >= 15 is 0 Å². The predicted molar refractivity (Wildman–Crippen MR) is 102 cm³/mol. The van der Waals surface area contributed by atoms with Crippen LogP contribution < -0.4 is 10.1 Å². The molecule has 3 heterocycles. The van der Waals surface area contributed by atoms with Gasteiger partial charge in [-0.3, -0.25) is 4.79 Å². The molecule has 0 unspecified atom stereocenters. The highest BCUT2D eigenvalue weighted by Crippen LogP contribution is 2.29. The van der Waals surface area contributed by atoms with Gasteiger partial charge in [0.2, 0.25) is 5.88 Å². The number of nitrogens with one attached hydrogen (secondary N) is 1. The van der Waals surface area contributed by atoms with Crippen LogP contribution in [0.1, 0.15) is 48.7 Å². The first-order valence-corrected chi connectivity index (χ1v) is 9.29. The summed E-state index contributed by atoms with van der Waals surface area (Å²) in [6.45, 7) is 5.24. The number of nitrogens with zero attached hydrogens (tertiary/aromatic N) is 4. The Morgan fingerprint density at radius 1 is 1.26 bits per heavy atom. The lowest BCUT2D eigenvalue weighted by Crippen LogP contribution is -2.23. The van der Waals surface area contributed by atoms with Crippen molar-refractivity contribution in [2.75, 3.05) is 6.61 Å². The van der Waals surface area contributed by atoms with Crippen LogP contribution in [0.3, 0.4) is 0 Å². The van der Waals surface area contributed by atoms with E-state index in [1.807, 2.05) is 36.7 Å². The first-order valence-electron chi connectivity index (χ1n) is 9.29. The second-order valence-corrected chi connectivity index (χ2v) is 7.26. The average molecular weight is 365 g/mol. The zero-order chi connectivity index (χ0) is 18.8. The van der Waals surface area contributed by atoms with Gasteiger partial charge < -0.3 is 10.1 Å². The highest BCUT2D eigenvalue weighted by atomic mass is 16.5. The second-order valence-electron chi connectivity index (χ2n) is 7.26. The highest BCUT2D eigenvalue weighted by Gasteiger charge is 2.22. The molecule has 0 spiro atoms. The van der Waals surface area contributed by atoms with E-state index in [4.69, 9.17) is 4.74 Å². The van der Waals surface area contributed by atoms with E-state index in [1.54, 1.807) is 18.6 Å². The van der Waals surface area contributed by atoms with Gasteiger partial charge in [0, 0.05) is 36.4 Å². The topological polar surface area (TPSA) is 81.9 Å². The SMILES string of the molecule is CC(C)n1ncc2cc(C(=O)NCc3ccc(OCC4CC4)nc3)cnc21. The van der Waals surface area contributed by atoms with E-state index < -0.39 is 0 Å². The normalized spacial score (nSPS) is 13.9. The summed E-state index contributed by atoms with van der Waals surface area (Å²) in [4.78, 5) is 21.1. The molecule has 0 aromatic carbocycles. The van der Waals surface area contributed by atoms with Crippen molar-refractivity contribution in [2.45, 2.75) is 39.3 Å². The van der Waals surface area contributed by atoms with E-state index in [0.717, 1.165) is 23.2 Å². The van der Waals surface area contributed by atoms with Crippen LogP contribution in [-0.4, -0.2) is 32.3 Å². The Labute approximate surface area is 157 Å². The largest absolute Gasteiger partial charge is 0.477 e. The maximum absolute atomic E-state index is 12.4. The van der Waals surface area contributed by atoms with E-state index in [0.29, 0.717) is 23.9 Å². The summed E-state index contributed by atoms with van der Waals surface area (Å²) in [7, 11) is 0. The monoisotopic (exact) mass is 365 g/mol. The molecule has 0 bridgehead atoms. The fraction of sp³-hybridized carbons (Fsp3) is 0.400. The molecule has 1 saturated carbocycles. The van der Waals surface area contributed by atoms with Gasteiger partial charge in [-0.2, -0.15) is 5.10 Å². The van der Waals surface area contributed by atoms with Crippen LogP contribution in [0.15, 0.2) is 36.8 Å². The van der Waals surface area contributed by atoms with Crippen LogP contribution in [0.4, 0.5) is 0 Å². The number of rotatable bonds is 7. The summed E-state index contributed by atoms with van der Waals surface area (Å²) in [6, 6.07) is 5.80. The molecule has 3 aromatic heterocycles. The summed E-state index contributed by atoms with van der Waals surface area (Å²) in [5.41, 5.74) is 2.22. The van der Waals surface area contributed by atoms with Crippen molar-refractivity contribution in [3.63, 3.8) is 0 Å². The van der Waals surface area contributed by atoms with Crippen LogP contribution in [0.25, 0.3) is 11.0 Å². The molecule has 140 valence electrons. The van der Waals surface area contributed by atoms with E-state index in [2.05, 4.69) is 20.4 Å². The lowest BCUT2D eigenvalue weighted by atomic mass is 10.2. The summed E-state index contributed by atoms with van der Waals surface area (Å²) >= 11 is 0. The third-order valence-electron chi connectivity index (χ3n) is 4.60. The van der Waals surface area contributed by atoms with Crippen LogP contribution >= 0.6 is 0 Å². The Morgan fingerprint density at radius 2 is 2.11 bits per heavy atom. The molecule has 0 radical (unpaired) electrons. The molecule has 27 heavy (non-hydrogen) atoms. The maximum Gasteiger partial charge on any atom is 0.253 e. The zero-order valence-corrected chi connectivity index (χ0v) is 15.6. The van der Waals surface area contributed by atoms with E-state index in [9.17, 15) is 4.79 Å². The van der Waals surface area contributed by atoms with Crippen molar-refractivity contribution < 1.29 is 9.53 Å². The minimum atomic E-state index is -0.171. The van der Waals surface area contributed by atoms with Gasteiger partial charge in [-0.05, 0) is 44.2 Å². The molecule has 0 saturated heterocycles. The lowest BCUT2D eigenvalue weighted by Gasteiger charge is -2.08. The van der Waals surface area contributed by atoms with Gasteiger partial charge in [0.25, 0.3) is 5.91 Å². The smallest absolute Gasteiger partial charge is 0.253 e. The van der Waals surface area contributed by atoms with Gasteiger partial charge in [0.05, 0.1) is 18.4 Å². The molecule has 1 aliphatic carbocycles. The Morgan fingerprint density at radius 3 is 2.81 bits per heavy atom. The van der Waals surface area contributed by atoms with Crippen molar-refractivity contribution in [3.8, 4) is 5.88 Å². The molecular weight excluding hydrogens is 342 g/mol. The minimum Gasteiger partial charge on any atom is -0.477 e. The fourth-order valence-corrected chi connectivity index (χ4v) is 2.82. The lowest BCUT2D eigenvalue weighted by molar-refractivity contribution is 0.0950. The van der Waals surface area contributed by atoms with Gasteiger partial charge >= 0.3 is 0 Å². The number of hydrogen-bond donors (Lipinski definition) is 1. The molecule has 7 heteroatoms. The van der Waals surface area contributed by atoms with Crippen molar-refractivity contribution >= 4 is 16.9 Å². The molecule has 0 atom stereocenters. The van der Waals surface area contributed by atoms with Crippen molar-refractivity contribution in [1.29, 1.82) is 0 Å². The van der Waals surface area contributed by atoms with Gasteiger partial charge in [0.15, 0.2) is 5.65 Å². The number of pyridine rings is 2. The predicted octanol–water partition coefficient (Wildman–Crippen LogP) is 3.13. The van der Waals surface area contributed by atoms with Crippen molar-refractivity contribution in [2.24, 2.45) is 5.92 Å². The average Bonchev–Trinajstić information content (AvgIpc) is 3.41. The molecule has 1 amide bonds. The first-order chi connectivity index (χ1) is 13.1. The Hall–Kier alpha value is -2.96. The Balaban J connectivity index is 1.36. The molecule has 0 aliphatic heterocycles. The van der Waals surface area contributed by atoms with Crippen LogP contribution in [0.2, 0.25) is 0 Å². The maximum atomic E-state index is 12.4. The van der Waals surface area contributed by atoms with Crippen LogP contribution in [0.5, 0.6) is 5.88 Å². The number of ether oxygens (including phenoxy) is 1. The highest BCUT2D eigenvalue weighted by molar-refractivity contribution is 5.96. The second kappa shape index (κ2) is 7.34. The van der Waals surface area contributed by atoms with Crippen LogP contribution in [0, 0.1) is 5.92 Å². The van der Waals surface area contributed by atoms with Crippen molar-refractivity contribution in [3.05, 3.63) is 47.9 Å². The third-order valence-corrected chi connectivity index (χ3v) is 4.60. The first kappa shape index (κ1) is 17.5. The van der Waals surface area contributed by atoms with Crippen LogP contribution in [-0.2, 0) is 6.54 Å². The summed E-state index contributed by atoms with van der Waals surface area (Å²) < 4.78 is 7.47. The third kappa shape index (κ3) is 4.07. The van der Waals surface area contributed by atoms with E-state index in [-0.39, 0.29) is 11.9 Å². The Bertz CT molecular complexity index is 945. The van der Waals surface area contributed by atoms with Gasteiger partial charge in [-0.15, -0.1) is 0 Å². The Kier molecular flexibility index (Phi) is 4.75. The number of aromatic nitrogens is 4. The molecular formula is C20H23N5O2. The molecule has 4 rings (SSSR count). The number of hydrogen-bond acceptors (Lipinski definition) is 5. The standard InChI is InChI=1S/C20H23N5O2/c1-13(2)25-19-16(11-24-25)7-17(10-22-19)20(26)23-9-15-5-6-18(21-8-15)27-12-14-3-4-14/h5-8,10-11,13-14H,3-4,9,12H2,1-2H3,(H,23,26). The summed E-state index contributed by atoms with van der Waals surface area (Å²) in [5.74, 6) is 1.16. The quantitative estimate of drug-likeness (QED) is 0.696. The molecule has 7 nitrogen and oxygen atoms in total. The zero-order valence-electron chi connectivity index (χ0n) is 15.6. The number of carbonyl (C=O) groups excluding carboxylic acids is 1. The molecule has 3 aromatic rings. The summed E-state index contributed by atoms with van der Waals surface area (Å²) in [5, 5.41) is 8.09. The minimum absolute atomic E-state index is 0.171. The number of fused-ring (bicyclic) bond motifs is 1. The summed E-state index contributed by atoms with van der Waals surface area (Å²) in [6.07, 6.45) is 7.57.